The fourth-order valence-corrected chi connectivity index (χ4v) is 1.44. The number of rotatable bonds is 2. The first-order chi connectivity index (χ1) is 6.02. The summed E-state index contributed by atoms with van der Waals surface area (Å²) >= 11 is 11.3. The minimum absolute atomic E-state index is 0. The molecular formula is C8H8Cl3F2N. The molecule has 1 nitrogen and oxygen atoms in total. The molecule has 1 aromatic rings. The monoisotopic (exact) mass is 261 g/mol. The molecule has 0 spiro atoms. The second kappa shape index (κ2) is 5.71. The second-order valence-electron chi connectivity index (χ2n) is 2.53. The number of benzene rings is 1. The smallest absolute Gasteiger partial charge is 0.257 e. The van der Waals surface area contributed by atoms with Crippen LogP contribution in [0.2, 0.25) is 10.0 Å². The summed E-state index contributed by atoms with van der Waals surface area (Å²) in [5.74, 6) is 0. The molecule has 0 heterocycles. The van der Waals surface area contributed by atoms with Gasteiger partial charge in [-0.2, -0.15) is 0 Å². The highest BCUT2D eigenvalue weighted by Gasteiger charge is 2.19. The van der Waals surface area contributed by atoms with Gasteiger partial charge in [0.2, 0.25) is 0 Å². The van der Waals surface area contributed by atoms with Crippen molar-refractivity contribution in [2.45, 2.75) is 12.5 Å². The lowest BCUT2D eigenvalue weighted by atomic mass is 10.1. The molecule has 0 aliphatic heterocycles. The Morgan fingerprint density at radius 2 is 1.79 bits per heavy atom. The summed E-state index contributed by atoms with van der Waals surface area (Å²) in [6.07, 6.45) is -2.63. The van der Waals surface area contributed by atoms with Crippen LogP contribution in [0.5, 0.6) is 0 Å². The van der Waals surface area contributed by atoms with Crippen LogP contribution in [-0.4, -0.2) is 6.43 Å². The number of hydrogen-bond donors (Lipinski definition) is 1. The Morgan fingerprint density at radius 3 is 2.21 bits per heavy atom. The molecule has 0 aliphatic rings. The van der Waals surface area contributed by atoms with E-state index in [1.54, 1.807) is 0 Å². The lowest BCUT2D eigenvalue weighted by Crippen LogP contribution is -2.19. The van der Waals surface area contributed by atoms with E-state index in [1.165, 1.54) is 18.2 Å². The van der Waals surface area contributed by atoms with Crippen LogP contribution in [0.25, 0.3) is 0 Å². The van der Waals surface area contributed by atoms with Gasteiger partial charge in [0.25, 0.3) is 6.43 Å². The Kier molecular flexibility index (Phi) is 5.67. The van der Waals surface area contributed by atoms with Crippen LogP contribution >= 0.6 is 35.6 Å². The van der Waals surface area contributed by atoms with Gasteiger partial charge >= 0.3 is 0 Å². The lowest BCUT2D eigenvalue weighted by Gasteiger charge is -2.12. The standard InChI is InChI=1S/C8H7Cl2F2N.ClH/c9-4-1-2-5(6(10)3-4)7(13)8(11)12;/h1-3,7-8H,13H2;1H/t7-;/m0./s1. The van der Waals surface area contributed by atoms with Crippen LogP contribution in [0.4, 0.5) is 8.78 Å². The zero-order valence-corrected chi connectivity index (χ0v) is 9.21. The highest BCUT2D eigenvalue weighted by Crippen LogP contribution is 2.27. The fraction of sp³-hybridized carbons (Fsp3) is 0.250. The number of alkyl halides is 2. The Labute approximate surface area is 96.6 Å². The highest BCUT2D eigenvalue weighted by molar-refractivity contribution is 6.35. The largest absolute Gasteiger partial charge is 0.319 e. The second-order valence-corrected chi connectivity index (χ2v) is 3.37. The van der Waals surface area contributed by atoms with Crippen molar-refractivity contribution in [2.75, 3.05) is 0 Å². The fourth-order valence-electron chi connectivity index (χ4n) is 0.908. The molecule has 0 saturated carbocycles. The molecule has 0 amide bonds. The van der Waals surface area contributed by atoms with E-state index < -0.39 is 12.5 Å². The molecule has 1 aromatic carbocycles. The van der Waals surface area contributed by atoms with E-state index in [9.17, 15) is 8.78 Å². The quantitative estimate of drug-likeness (QED) is 0.864. The molecule has 0 unspecified atom stereocenters. The van der Waals surface area contributed by atoms with Crippen LogP contribution in [0, 0.1) is 0 Å². The third kappa shape index (κ3) is 3.24. The van der Waals surface area contributed by atoms with Gasteiger partial charge in [0.1, 0.15) is 0 Å². The molecule has 14 heavy (non-hydrogen) atoms. The zero-order valence-electron chi connectivity index (χ0n) is 6.88. The first-order valence-electron chi connectivity index (χ1n) is 3.51. The average Bonchev–Trinajstić information content (AvgIpc) is 2.03. The molecule has 0 saturated heterocycles. The SMILES string of the molecule is Cl.N[C@@H](c1ccc(Cl)cc1Cl)C(F)F. The molecule has 2 N–H and O–H groups in total. The van der Waals surface area contributed by atoms with Crippen LogP contribution in [0.3, 0.4) is 0 Å². The van der Waals surface area contributed by atoms with Crippen LogP contribution in [0.1, 0.15) is 11.6 Å². The lowest BCUT2D eigenvalue weighted by molar-refractivity contribution is 0.116. The first kappa shape index (κ1) is 13.9. The van der Waals surface area contributed by atoms with E-state index in [0.29, 0.717) is 5.02 Å². The topological polar surface area (TPSA) is 26.0 Å². The van der Waals surface area contributed by atoms with E-state index in [1.807, 2.05) is 0 Å². The van der Waals surface area contributed by atoms with E-state index in [0.717, 1.165) is 0 Å². The Bertz CT molecular complexity index is 307. The maximum absolute atomic E-state index is 12.2. The van der Waals surface area contributed by atoms with E-state index >= 15 is 0 Å². The highest BCUT2D eigenvalue weighted by atomic mass is 35.5. The minimum Gasteiger partial charge on any atom is -0.319 e. The summed E-state index contributed by atoms with van der Waals surface area (Å²) in [4.78, 5) is 0. The molecule has 0 bridgehead atoms. The third-order valence-corrected chi connectivity index (χ3v) is 2.16. The molecule has 0 fully saturated rings. The predicted octanol–water partition coefficient (Wildman–Crippen LogP) is 3.68. The summed E-state index contributed by atoms with van der Waals surface area (Å²) in [6.45, 7) is 0. The van der Waals surface area contributed by atoms with Gasteiger partial charge in [-0.3, -0.25) is 0 Å². The van der Waals surface area contributed by atoms with Gasteiger partial charge in [-0.05, 0) is 17.7 Å². The molecule has 1 rings (SSSR count). The molecule has 6 heteroatoms. The molecular weight excluding hydrogens is 254 g/mol. The van der Waals surface area contributed by atoms with E-state index in [-0.39, 0.29) is 23.0 Å². The van der Waals surface area contributed by atoms with E-state index in [4.69, 9.17) is 28.9 Å². The maximum Gasteiger partial charge on any atom is 0.257 e. The molecule has 80 valence electrons. The molecule has 0 aromatic heterocycles. The van der Waals surface area contributed by atoms with Gasteiger partial charge in [0.05, 0.1) is 6.04 Å². The van der Waals surface area contributed by atoms with Crippen molar-refractivity contribution >= 4 is 35.6 Å². The Morgan fingerprint density at radius 1 is 1.21 bits per heavy atom. The normalized spacial score (nSPS) is 12.4. The number of halogens is 5. The van der Waals surface area contributed by atoms with Crippen LogP contribution in [0.15, 0.2) is 18.2 Å². The summed E-state index contributed by atoms with van der Waals surface area (Å²) in [7, 11) is 0. The zero-order chi connectivity index (χ0) is 10.0. The van der Waals surface area contributed by atoms with Gasteiger partial charge in [-0.15, -0.1) is 12.4 Å². The third-order valence-electron chi connectivity index (χ3n) is 1.59. The van der Waals surface area contributed by atoms with Crippen molar-refractivity contribution < 1.29 is 8.78 Å². The summed E-state index contributed by atoms with van der Waals surface area (Å²) in [5.41, 5.74) is 5.42. The van der Waals surface area contributed by atoms with Crippen molar-refractivity contribution in [1.29, 1.82) is 0 Å². The molecule has 1 atom stereocenters. The van der Waals surface area contributed by atoms with Crippen LogP contribution < -0.4 is 5.73 Å². The van der Waals surface area contributed by atoms with Crippen molar-refractivity contribution in [3.05, 3.63) is 33.8 Å². The van der Waals surface area contributed by atoms with Gasteiger partial charge in [-0.25, -0.2) is 8.78 Å². The molecule has 0 aliphatic carbocycles. The van der Waals surface area contributed by atoms with Crippen molar-refractivity contribution in [3.8, 4) is 0 Å². The van der Waals surface area contributed by atoms with E-state index in [2.05, 4.69) is 0 Å². The van der Waals surface area contributed by atoms with Crippen molar-refractivity contribution in [2.24, 2.45) is 5.73 Å². The van der Waals surface area contributed by atoms with Crippen LogP contribution in [-0.2, 0) is 0 Å². The Balaban J connectivity index is 0.00000169. The van der Waals surface area contributed by atoms with Gasteiger partial charge in [-0.1, -0.05) is 29.3 Å². The van der Waals surface area contributed by atoms with Crippen molar-refractivity contribution in [1.82, 2.24) is 0 Å². The van der Waals surface area contributed by atoms with Gasteiger partial charge < -0.3 is 5.73 Å². The number of nitrogens with two attached hydrogens (primary N) is 1. The summed E-state index contributed by atoms with van der Waals surface area (Å²) in [5, 5.41) is 0.565. The minimum atomic E-state index is -2.63. The average molecular weight is 263 g/mol. The van der Waals surface area contributed by atoms with Gasteiger partial charge in [0.15, 0.2) is 0 Å². The molecule has 0 radical (unpaired) electrons. The van der Waals surface area contributed by atoms with Gasteiger partial charge in [0, 0.05) is 10.0 Å². The summed E-state index contributed by atoms with van der Waals surface area (Å²) in [6, 6.07) is 2.91. The summed E-state index contributed by atoms with van der Waals surface area (Å²) < 4.78 is 24.4. The van der Waals surface area contributed by atoms with Crippen molar-refractivity contribution in [3.63, 3.8) is 0 Å². The Hall–Kier alpha value is -0.0900. The first-order valence-corrected chi connectivity index (χ1v) is 4.26. The maximum atomic E-state index is 12.2. The number of hydrogen-bond acceptors (Lipinski definition) is 1. The predicted molar refractivity (Wildman–Crippen MR) is 56.6 cm³/mol.